The van der Waals surface area contributed by atoms with Gasteiger partial charge in [-0.2, -0.15) is 0 Å². The summed E-state index contributed by atoms with van der Waals surface area (Å²) < 4.78 is 0. The standard InChI is InChI=1S/C13H10O2/c14-12-7-3-1-5-10(12)9-11-6-2-4-8-13(11)15/h1-8,14-15H. The average molecular weight is 198 g/mol. The van der Waals surface area contributed by atoms with Crippen LogP contribution in [0.3, 0.4) is 0 Å². The van der Waals surface area contributed by atoms with Crippen LogP contribution in [-0.4, -0.2) is 10.2 Å². The van der Waals surface area contributed by atoms with Gasteiger partial charge in [0.15, 0.2) is 0 Å². The van der Waals surface area contributed by atoms with E-state index in [0.29, 0.717) is 11.1 Å². The Labute approximate surface area is 88.4 Å². The molecule has 2 aromatic carbocycles. The van der Waals surface area contributed by atoms with Gasteiger partial charge in [-0.15, -0.1) is 0 Å². The number of benzene rings is 2. The lowest BCUT2D eigenvalue weighted by Crippen LogP contribution is -1.86. The molecule has 0 aliphatic carbocycles. The summed E-state index contributed by atoms with van der Waals surface area (Å²) in [6.45, 7) is 0. The van der Waals surface area contributed by atoms with E-state index >= 15 is 0 Å². The number of phenolic OH excluding ortho intramolecular Hbond substituents is 2. The second-order valence-electron chi connectivity index (χ2n) is 3.16. The third-order valence-electron chi connectivity index (χ3n) is 2.08. The third-order valence-corrected chi connectivity index (χ3v) is 2.08. The van der Waals surface area contributed by atoms with Crippen LogP contribution >= 0.6 is 0 Å². The molecule has 0 aliphatic heterocycles. The minimum atomic E-state index is 0.153. The van der Waals surface area contributed by atoms with E-state index in [2.05, 4.69) is 6.42 Å². The van der Waals surface area contributed by atoms with Gasteiger partial charge in [-0.05, 0) is 12.1 Å². The summed E-state index contributed by atoms with van der Waals surface area (Å²) in [6, 6.07) is 13.7. The maximum atomic E-state index is 9.52. The van der Waals surface area contributed by atoms with Crippen molar-refractivity contribution >= 4 is 0 Å². The molecule has 0 aromatic heterocycles. The molecule has 0 aliphatic rings. The van der Waals surface area contributed by atoms with Crippen LogP contribution in [0.2, 0.25) is 0 Å². The van der Waals surface area contributed by atoms with Gasteiger partial charge in [0.25, 0.3) is 0 Å². The maximum absolute atomic E-state index is 9.52. The Hall–Kier alpha value is -1.96. The topological polar surface area (TPSA) is 40.5 Å². The van der Waals surface area contributed by atoms with E-state index in [1.54, 1.807) is 36.4 Å². The second-order valence-corrected chi connectivity index (χ2v) is 3.16. The summed E-state index contributed by atoms with van der Waals surface area (Å²) in [5.74, 6) is 0.307. The predicted octanol–water partition coefficient (Wildman–Crippen LogP) is 2.58. The lowest BCUT2D eigenvalue weighted by molar-refractivity contribution is 0.468. The highest BCUT2D eigenvalue weighted by Crippen LogP contribution is 2.25. The summed E-state index contributed by atoms with van der Waals surface area (Å²) in [7, 11) is 0. The molecule has 0 saturated heterocycles. The van der Waals surface area contributed by atoms with Gasteiger partial charge < -0.3 is 10.2 Å². The second kappa shape index (κ2) is 4.05. The summed E-state index contributed by atoms with van der Waals surface area (Å²) in [4.78, 5) is 0. The van der Waals surface area contributed by atoms with Gasteiger partial charge in [-0.3, -0.25) is 0 Å². The van der Waals surface area contributed by atoms with E-state index < -0.39 is 0 Å². The van der Waals surface area contributed by atoms with Crippen LogP contribution in [0, 0.1) is 6.42 Å². The molecular weight excluding hydrogens is 188 g/mol. The average Bonchev–Trinajstić information content (AvgIpc) is 2.24. The molecule has 2 radical (unpaired) electrons. The minimum Gasteiger partial charge on any atom is -0.508 e. The summed E-state index contributed by atoms with van der Waals surface area (Å²) in [5, 5.41) is 19.0. The molecule has 2 aromatic rings. The molecule has 15 heavy (non-hydrogen) atoms. The van der Waals surface area contributed by atoms with Crippen molar-refractivity contribution in [3.63, 3.8) is 0 Å². The fourth-order valence-electron chi connectivity index (χ4n) is 1.30. The van der Waals surface area contributed by atoms with Crippen LogP contribution in [0.4, 0.5) is 0 Å². The fourth-order valence-corrected chi connectivity index (χ4v) is 1.30. The molecule has 2 N–H and O–H groups in total. The molecule has 74 valence electrons. The van der Waals surface area contributed by atoms with Gasteiger partial charge in [0, 0.05) is 11.1 Å². The zero-order valence-corrected chi connectivity index (χ0v) is 8.01. The zero-order valence-electron chi connectivity index (χ0n) is 8.01. The molecule has 0 fully saturated rings. The molecule has 0 heterocycles. The number of aromatic hydroxyl groups is 2. The molecular formula is C13H10O2. The molecule has 2 heteroatoms. The normalized spacial score (nSPS) is 10.1. The van der Waals surface area contributed by atoms with E-state index in [0.717, 1.165) is 0 Å². The van der Waals surface area contributed by atoms with Gasteiger partial charge in [-0.1, -0.05) is 36.4 Å². The Balaban J connectivity index is 2.30. The molecule has 0 atom stereocenters. The molecule has 0 unspecified atom stereocenters. The Kier molecular flexibility index (Phi) is 2.59. The quantitative estimate of drug-likeness (QED) is 0.778. The number of rotatable bonds is 2. The van der Waals surface area contributed by atoms with Crippen molar-refractivity contribution in [3.05, 3.63) is 66.1 Å². The molecule has 0 spiro atoms. The zero-order chi connectivity index (χ0) is 10.7. The largest absolute Gasteiger partial charge is 0.508 e. The Morgan fingerprint density at radius 1 is 0.667 bits per heavy atom. The number of para-hydroxylation sites is 2. The Morgan fingerprint density at radius 2 is 1.07 bits per heavy atom. The Bertz CT molecular complexity index is 420. The first-order valence-electron chi connectivity index (χ1n) is 4.60. The third kappa shape index (κ3) is 2.10. The molecule has 2 nitrogen and oxygen atoms in total. The van der Waals surface area contributed by atoms with Gasteiger partial charge in [-0.25, -0.2) is 0 Å². The van der Waals surface area contributed by atoms with Crippen LogP contribution in [0.15, 0.2) is 48.5 Å². The highest BCUT2D eigenvalue weighted by molar-refractivity contribution is 5.49. The van der Waals surface area contributed by atoms with E-state index in [1.165, 1.54) is 0 Å². The minimum absolute atomic E-state index is 0.153. The predicted molar refractivity (Wildman–Crippen MR) is 57.7 cm³/mol. The van der Waals surface area contributed by atoms with Crippen LogP contribution in [-0.2, 0) is 0 Å². The first-order valence-corrected chi connectivity index (χ1v) is 4.60. The van der Waals surface area contributed by atoms with E-state index in [9.17, 15) is 10.2 Å². The number of hydrogen-bond donors (Lipinski definition) is 2. The van der Waals surface area contributed by atoms with Crippen molar-refractivity contribution in [3.8, 4) is 11.5 Å². The molecule has 2 rings (SSSR count). The number of hydrogen-bond acceptors (Lipinski definition) is 2. The first-order chi connectivity index (χ1) is 7.27. The highest BCUT2D eigenvalue weighted by atomic mass is 16.3. The SMILES string of the molecule is Oc1ccccc1[C]c1ccccc1O. The molecule has 0 bridgehead atoms. The molecule has 0 amide bonds. The van der Waals surface area contributed by atoms with E-state index in [4.69, 9.17) is 0 Å². The van der Waals surface area contributed by atoms with Crippen LogP contribution in [0.5, 0.6) is 11.5 Å². The summed E-state index contributed by atoms with van der Waals surface area (Å²) in [6.07, 6.45) is 2.94. The summed E-state index contributed by atoms with van der Waals surface area (Å²) in [5.41, 5.74) is 1.14. The van der Waals surface area contributed by atoms with Crippen LogP contribution in [0.1, 0.15) is 11.1 Å². The highest BCUT2D eigenvalue weighted by Gasteiger charge is 2.05. The summed E-state index contributed by atoms with van der Waals surface area (Å²) >= 11 is 0. The lowest BCUT2D eigenvalue weighted by atomic mass is 10.0. The van der Waals surface area contributed by atoms with Gasteiger partial charge in [0.05, 0.1) is 6.42 Å². The van der Waals surface area contributed by atoms with Crippen LogP contribution < -0.4 is 0 Å². The smallest absolute Gasteiger partial charge is 0.119 e. The Morgan fingerprint density at radius 3 is 1.47 bits per heavy atom. The van der Waals surface area contributed by atoms with E-state index in [1.807, 2.05) is 12.1 Å². The van der Waals surface area contributed by atoms with E-state index in [-0.39, 0.29) is 11.5 Å². The first kappa shape index (κ1) is 9.59. The maximum Gasteiger partial charge on any atom is 0.119 e. The monoisotopic (exact) mass is 198 g/mol. The van der Waals surface area contributed by atoms with Gasteiger partial charge >= 0.3 is 0 Å². The number of phenols is 2. The fraction of sp³-hybridized carbons (Fsp3) is 0. The van der Waals surface area contributed by atoms with Crippen molar-refractivity contribution in [1.29, 1.82) is 0 Å². The van der Waals surface area contributed by atoms with Gasteiger partial charge in [0.2, 0.25) is 0 Å². The van der Waals surface area contributed by atoms with Crippen molar-refractivity contribution in [2.75, 3.05) is 0 Å². The van der Waals surface area contributed by atoms with Crippen molar-refractivity contribution in [1.82, 2.24) is 0 Å². The molecule has 0 saturated carbocycles. The van der Waals surface area contributed by atoms with Crippen LogP contribution in [0.25, 0.3) is 0 Å². The van der Waals surface area contributed by atoms with Crippen molar-refractivity contribution in [2.45, 2.75) is 0 Å². The van der Waals surface area contributed by atoms with Crippen molar-refractivity contribution < 1.29 is 10.2 Å². The van der Waals surface area contributed by atoms with Crippen molar-refractivity contribution in [2.24, 2.45) is 0 Å². The van der Waals surface area contributed by atoms with Gasteiger partial charge in [0.1, 0.15) is 11.5 Å². The lowest BCUT2D eigenvalue weighted by Gasteiger charge is -2.04.